The number of pyridine rings is 1. The van der Waals surface area contributed by atoms with Gasteiger partial charge in [-0.05, 0) is 36.8 Å². The molecule has 30 heavy (non-hydrogen) atoms. The molecule has 0 radical (unpaired) electrons. The molecule has 4 rings (SSSR count). The summed E-state index contributed by atoms with van der Waals surface area (Å²) < 4.78 is 38.2. The summed E-state index contributed by atoms with van der Waals surface area (Å²) in [7, 11) is -3.47. The van der Waals surface area contributed by atoms with Crippen molar-refractivity contribution in [3.05, 3.63) is 47.4 Å². The first-order valence-electron chi connectivity index (χ1n) is 9.75. The molecule has 1 aromatic carbocycles. The third kappa shape index (κ3) is 4.43. The van der Waals surface area contributed by atoms with Crippen LogP contribution in [-0.4, -0.2) is 69.2 Å². The van der Waals surface area contributed by atoms with Crippen molar-refractivity contribution in [3.8, 4) is 0 Å². The van der Waals surface area contributed by atoms with Crippen LogP contribution >= 0.6 is 11.6 Å². The lowest BCUT2D eigenvalue weighted by Gasteiger charge is -2.36. The maximum absolute atomic E-state index is 13.1. The average molecular weight is 453 g/mol. The van der Waals surface area contributed by atoms with E-state index >= 15 is 0 Å². The molecule has 7 nitrogen and oxygen atoms in total. The van der Waals surface area contributed by atoms with Gasteiger partial charge in [-0.2, -0.15) is 0 Å². The number of nitrogens with zero attached hydrogens (tertiary/aromatic N) is 4. The number of sulfone groups is 1. The van der Waals surface area contributed by atoms with E-state index in [1.54, 1.807) is 23.1 Å². The minimum atomic E-state index is -3.47. The summed E-state index contributed by atoms with van der Waals surface area (Å²) in [6.45, 7) is 3.22. The van der Waals surface area contributed by atoms with Crippen molar-refractivity contribution in [1.29, 1.82) is 0 Å². The molecule has 2 aliphatic rings. The highest BCUT2D eigenvalue weighted by atomic mass is 35.5. The molecule has 0 bridgehead atoms. The number of fused-ring (bicyclic) bond motifs is 1. The zero-order valence-corrected chi connectivity index (χ0v) is 17.9. The number of rotatable bonds is 3. The number of carbonyl (C=O) groups is 1. The quantitative estimate of drug-likeness (QED) is 0.711. The van der Waals surface area contributed by atoms with Gasteiger partial charge in [-0.25, -0.2) is 17.8 Å². The van der Waals surface area contributed by atoms with Gasteiger partial charge in [-0.1, -0.05) is 11.6 Å². The number of hydrogen-bond donors (Lipinski definition) is 0. The van der Waals surface area contributed by atoms with Gasteiger partial charge >= 0.3 is 0 Å². The largest absolute Gasteiger partial charge is 0.354 e. The van der Waals surface area contributed by atoms with Gasteiger partial charge in [0.2, 0.25) is 5.91 Å². The van der Waals surface area contributed by atoms with Crippen LogP contribution in [0.5, 0.6) is 0 Å². The Bertz CT molecular complexity index is 1040. The molecular weight excluding hydrogens is 431 g/mol. The second-order valence-electron chi connectivity index (χ2n) is 7.43. The Morgan fingerprint density at radius 2 is 1.87 bits per heavy atom. The van der Waals surface area contributed by atoms with E-state index in [2.05, 4.69) is 9.88 Å². The highest BCUT2D eigenvalue weighted by molar-refractivity contribution is 7.91. The van der Waals surface area contributed by atoms with Crippen LogP contribution in [0.4, 0.5) is 15.9 Å². The minimum Gasteiger partial charge on any atom is -0.354 e. The fraction of sp³-hybridized carbons (Fsp3) is 0.400. The Labute approximate surface area is 180 Å². The molecule has 10 heteroatoms. The van der Waals surface area contributed by atoms with Crippen LogP contribution in [0.15, 0.2) is 41.4 Å². The van der Waals surface area contributed by atoms with Gasteiger partial charge in [0.1, 0.15) is 11.6 Å². The van der Waals surface area contributed by atoms with E-state index in [0.29, 0.717) is 55.7 Å². The molecule has 1 aromatic heterocycles. The lowest BCUT2D eigenvalue weighted by atomic mass is 10.2. The molecule has 0 spiro atoms. The van der Waals surface area contributed by atoms with Gasteiger partial charge < -0.3 is 9.80 Å². The molecule has 1 fully saturated rings. The lowest BCUT2D eigenvalue weighted by molar-refractivity contribution is -0.119. The van der Waals surface area contributed by atoms with Crippen LogP contribution in [-0.2, 0) is 14.6 Å². The van der Waals surface area contributed by atoms with Gasteiger partial charge in [0.05, 0.1) is 29.1 Å². The number of amides is 1. The maximum Gasteiger partial charge on any atom is 0.241 e. The van der Waals surface area contributed by atoms with Crippen molar-refractivity contribution < 1.29 is 17.6 Å². The SMILES string of the molecule is O=C(CN1CCN(c2ccc(F)cn2)CC1)N1CCCS(=O)(=O)c2cc(Cl)ccc21. The summed E-state index contributed by atoms with van der Waals surface area (Å²) in [4.78, 5) is 22.9. The number of halogens is 2. The molecule has 2 aromatic rings. The molecule has 160 valence electrons. The third-order valence-electron chi connectivity index (χ3n) is 5.41. The highest BCUT2D eigenvalue weighted by Gasteiger charge is 2.30. The Morgan fingerprint density at radius 3 is 2.57 bits per heavy atom. The summed E-state index contributed by atoms with van der Waals surface area (Å²) >= 11 is 6.01. The number of benzene rings is 1. The van der Waals surface area contributed by atoms with Gasteiger partial charge in [0.15, 0.2) is 9.84 Å². The van der Waals surface area contributed by atoms with E-state index in [-0.39, 0.29) is 28.9 Å². The Hall–Kier alpha value is -2.23. The molecule has 0 saturated carbocycles. The molecule has 2 aliphatic heterocycles. The first kappa shape index (κ1) is 21.0. The van der Waals surface area contributed by atoms with Gasteiger partial charge in [-0.15, -0.1) is 0 Å². The third-order valence-corrected chi connectivity index (χ3v) is 7.47. The average Bonchev–Trinajstić information content (AvgIpc) is 2.85. The number of aromatic nitrogens is 1. The Balaban J connectivity index is 1.44. The van der Waals surface area contributed by atoms with E-state index in [9.17, 15) is 17.6 Å². The van der Waals surface area contributed by atoms with Crippen molar-refractivity contribution >= 4 is 38.9 Å². The van der Waals surface area contributed by atoms with Gasteiger partial charge in [0, 0.05) is 37.7 Å². The number of anilines is 2. The van der Waals surface area contributed by atoms with E-state index in [0.717, 1.165) is 0 Å². The topological polar surface area (TPSA) is 73.8 Å². The van der Waals surface area contributed by atoms with Crippen LogP contribution in [0.2, 0.25) is 5.02 Å². The first-order chi connectivity index (χ1) is 14.3. The van der Waals surface area contributed by atoms with Crippen molar-refractivity contribution in [2.24, 2.45) is 0 Å². The summed E-state index contributed by atoms with van der Waals surface area (Å²) in [6.07, 6.45) is 1.58. The summed E-state index contributed by atoms with van der Waals surface area (Å²) in [5, 5.41) is 0.331. The Morgan fingerprint density at radius 1 is 1.10 bits per heavy atom. The maximum atomic E-state index is 13.1. The molecule has 0 aliphatic carbocycles. The van der Waals surface area contributed by atoms with Crippen molar-refractivity contribution in [3.63, 3.8) is 0 Å². The van der Waals surface area contributed by atoms with Crippen molar-refractivity contribution in [2.45, 2.75) is 11.3 Å². The van der Waals surface area contributed by atoms with Gasteiger partial charge in [0.25, 0.3) is 0 Å². The second-order valence-corrected chi connectivity index (χ2v) is 9.94. The summed E-state index contributed by atoms with van der Waals surface area (Å²) in [5.41, 5.74) is 0.399. The predicted molar refractivity (Wildman–Crippen MR) is 113 cm³/mol. The monoisotopic (exact) mass is 452 g/mol. The van der Waals surface area contributed by atoms with Crippen LogP contribution in [0, 0.1) is 5.82 Å². The fourth-order valence-corrected chi connectivity index (χ4v) is 5.60. The molecule has 3 heterocycles. The van der Waals surface area contributed by atoms with Crippen LogP contribution in [0.1, 0.15) is 6.42 Å². The first-order valence-corrected chi connectivity index (χ1v) is 11.8. The molecule has 1 saturated heterocycles. The molecular formula is C20H22ClFN4O3S. The number of carbonyl (C=O) groups excluding carboxylic acids is 1. The van der Waals surface area contributed by atoms with E-state index < -0.39 is 9.84 Å². The molecule has 1 amide bonds. The zero-order chi connectivity index (χ0) is 21.3. The number of piperazine rings is 1. The molecule has 0 unspecified atom stereocenters. The predicted octanol–water partition coefficient (Wildman–Crippen LogP) is 2.21. The summed E-state index contributed by atoms with van der Waals surface area (Å²) in [6, 6.07) is 7.67. The smallest absolute Gasteiger partial charge is 0.241 e. The van der Waals surface area contributed by atoms with Crippen LogP contribution < -0.4 is 9.80 Å². The van der Waals surface area contributed by atoms with Crippen LogP contribution in [0.25, 0.3) is 0 Å². The van der Waals surface area contributed by atoms with E-state index in [4.69, 9.17) is 11.6 Å². The standard InChI is InChI=1S/C20H22ClFN4O3S/c21-15-2-4-17-18(12-15)30(28,29)11-1-6-26(17)20(27)14-24-7-9-25(10-8-24)19-5-3-16(22)13-23-19/h2-5,12-13H,1,6-11,14H2. The van der Waals surface area contributed by atoms with Gasteiger partial charge in [-0.3, -0.25) is 9.69 Å². The molecule has 0 N–H and O–H groups in total. The van der Waals surface area contributed by atoms with E-state index in [1.165, 1.54) is 18.3 Å². The number of hydrogen-bond acceptors (Lipinski definition) is 6. The van der Waals surface area contributed by atoms with Crippen molar-refractivity contribution in [1.82, 2.24) is 9.88 Å². The minimum absolute atomic E-state index is 0.00648. The fourth-order valence-electron chi connectivity index (χ4n) is 3.83. The van der Waals surface area contributed by atoms with Crippen molar-refractivity contribution in [2.75, 3.05) is 54.8 Å². The lowest BCUT2D eigenvalue weighted by Crippen LogP contribution is -2.50. The van der Waals surface area contributed by atoms with E-state index in [1.807, 2.05) is 4.90 Å². The van der Waals surface area contributed by atoms with Crippen LogP contribution in [0.3, 0.4) is 0 Å². The molecule has 0 atom stereocenters. The highest BCUT2D eigenvalue weighted by Crippen LogP contribution is 2.32. The zero-order valence-electron chi connectivity index (χ0n) is 16.3. The normalized spacial score (nSPS) is 19.3. The second kappa shape index (κ2) is 8.49. The Kier molecular flexibility index (Phi) is 5.95. The summed E-state index contributed by atoms with van der Waals surface area (Å²) in [5.74, 6) is 0.201.